The van der Waals surface area contributed by atoms with Gasteiger partial charge in [0.15, 0.2) is 0 Å². The van der Waals surface area contributed by atoms with Crippen molar-refractivity contribution in [3.8, 4) is 0 Å². The average Bonchev–Trinajstić information content (AvgIpc) is 2.00. The van der Waals surface area contributed by atoms with Gasteiger partial charge in [0, 0.05) is 5.57 Å². The summed E-state index contributed by atoms with van der Waals surface area (Å²) in [5.74, 6) is -1.73. The molecular formula is C7H9NO4. The molecule has 0 radical (unpaired) electrons. The summed E-state index contributed by atoms with van der Waals surface area (Å²) in [7, 11) is 0. The van der Waals surface area contributed by atoms with Crippen molar-refractivity contribution in [2.75, 3.05) is 6.54 Å². The minimum atomic E-state index is -1.21. The molecule has 0 aliphatic rings. The number of carbonyl (C=O) groups excluding carboxylic acids is 2. The standard InChI is InChI=1S/C7H9NO4/c1-5(7(11)12)4-6(10)8-2-3-9/h3H,1-2,4H2,(H,8,10)(H,11,12). The maximum absolute atomic E-state index is 10.7. The van der Waals surface area contributed by atoms with Gasteiger partial charge in [0.2, 0.25) is 5.91 Å². The van der Waals surface area contributed by atoms with Gasteiger partial charge in [-0.25, -0.2) is 4.79 Å². The van der Waals surface area contributed by atoms with Crippen molar-refractivity contribution in [2.45, 2.75) is 6.42 Å². The average molecular weight is 171 g/mol. The zero-order valence-electron chi connectivity index (χ0n) is 6.37. The van der Waals surface area contributed by atoms with Crippen LogP contribution in [0.25, 0.3) is 0 Å². The van der Waals surface area contributed by atoms with E-state index in [1.165, 1.54) is 0 Å². The lowest BCUT2D eigenvalue weighted by Crippen LogP contribution is -2.26. The molecule has 0 aromatic heterocycles. The van der Waals surface area contributed by atoms with E-state index < -0.39 is 11.9 Å². The summed E-state index contributed by atoms with van der Waals surface area (Å²) in [5, 5.41) is 10.5. The second-order valence-corrected chi connectivity index (χ2v) is 2.06. The Morgan fingerprint density at radius 2 is 2.08 bits per heavy atom. The Hall–Kier alpha value is -1.65. The topological polar surface area (TPSA) is 83.5 Å². The monoisotopic (exact) mass is 171 g/mol. The van der Waals surface area contributed by atoms with Crippen molar-refractivity contribution in [2.24, 2.45) is 0 Å². The number of amides is 1. The fourth-order valence-electron chi connectivity index (χ4n) is 0.487. The predicted octanol–water partition coefficient (Wildman–Crippen LogP) is -0.668. The van der Waals surface area contributed by atoms with Crippen LogP contribution >= 0.6 is 0 Å². The number of carboxylic acids is 1. The number of aldehydes is 1. The van der Waals surface area contributed by atoms with Gasteiger partial charge in [-0.15, -0.1) is 0 Å². The molecule has 0 aromatic rings. The molecule has 12 heavy (non-hydrogen) atoms. The van der Waals surface area contributed by atoms with E-state index in [4.69, 9.17) is 5.11 Å². The maximum atomic E-state index is 10.7. The predicted molar refractivity (Wildman–Crippen MR) is 40.5 cm³/mol. The fourth-order valence-corrected chi connectivity index (χ4v) is 0.487. The summed E-state index contributed by atoms with van der Waals surface area (Å²) >= 11 is 0. The zero-order valence-corrected chi connectivity index (χ0v) is 6.37. The summed E-state index contributed by atoms with van der Waals surface area (Å²) in [6.45, 7) is 3.05. The lowest BCUT2D eigenvalue weighted by Gasteiger charge is -1.99. The van der Waals surface area contributed by atoms with E-state index in [2.05, 4.69) is 11.9 Å². The molecule has 0 rings (SSSR count). The normalized spacial score (nSPS) is 8.67. The molecule has 1 amide bonds. The van der Waals surface area contributed by atoms with Gasteiger partial charge in [0.05, 0.1) is 13.0 Å². The highest BCUT2D eigenvalue weighted by molar-refractivity contribution is 5.93. The number of aliphatic carboxylic acids is 1. The first-order chi connectivity index (χ1) is 5.57. The number of hydrogen-bond acceptors (Lipinski definition) is 3. The minimum absolute atomic E-state index is 0.105. The second kappa shape index (κ2) is 5.06. The van der Waals surface area contributed by atoms with Crippen molar-refractivity contribution in [1.82, 2.24) is 5.32 Å². The van der Waals surface area contributed by atoms with Gasteiger partial charge in [-0.2, -0.15) is 0 Å². The van der Waals surface area contributed by atoms with Crippen LogP contribution in [-0.4, -0.2) is 29.8 Å². The molecule has 66 valence electrons. The summed E-state index contributed by atoms with van der Waals surface area (Å²) < 4.78 is 0. The molecule has 0 aliphatic heterocycles. The Labute approximate surface area is 69.1 Å². The summed E-state index contributed by atoms with van der Waals surface area (Å²) in [4.78, 5) is 30.7. The SMILES string of the molecule is C=C(CC(=O)NCC=O)C(=O)O. The molecule has 0 aromatic carbocycles. The molecule has 0 aliphatic carbocycles. The largest absolute Gasteiger partial charge is 0.478 e. The Balaban J connectivity index is 3.76. The molecule has 0 fully saturated rings. The number of rotatable bonds is 5. The van der Waals surface area contributed by atoms with Crippen LogP contribution in [0, 0.1) is 0 Å². The minimum Gasteiger partial charge on any atom is -0.478 e. The van der Waals surface area contributed by atoms with E-state index in [-0.39, 0.29) is 18.5 Å². The van der Waals surface area contributed by atoms with E-state index in [0.717, 1.165) is 0 Å². The van der Waals surface area contributed by atoms with Crippen molar-refractivity contribution in [3.05, 3.63) is 12.2 Å². The lowest BCUT2D eigenvalue weighted by molar-refractivity contribution is -0.134. The highest BCUT2D eigenvalue weighted by atomic mass is 16.4. The highest BCUT2D eigenvalue weighted by Crippen LogP contribution is 1.96. The lowest BCUT2D eigenvalue weighted by atomic mass is 10.2. The summed E-state index contributed by atoms with van der Waals surface area (Å²) in [6, 6.07) is 0. The van der Waals surface area contributed by atoms with Crippen molar-refractivity contribution in [3.63, 3.8) is 0 Å². The van der Waals surface area contributed by atoms with Gasteiger partial charge < -0.3 is 15.2 Å². The van der Waals surface area contributed by atoms with Crippen molar-refractivity contribution >= 4 is 18.2 Å². The van der Waals surface area contributed by atoms with Crippen LogP contribution in [0.2, 0.25) is 0 Å². The Morgan fingerprint density at radius 1 is 1.50 bits per heavy atom. The first-order valence-corrected chi connectivity index (χ1v) is 3.19. The van der Waals surface area contributed by atoms with Crippen LogP contribution in [0.15, 0.2) is 12.2 Å². The van der Waals surface area contributed by atoms with E-state index in [1.54, 1.807) is 0 Å². The first-order valence-electron chi connectivity index (χ1n) is 3.19. The van der Waals surface area contributed by atoms with E-state index in [0.29, 0.717) is 6.29 Å². The molecule has 0 atom stereocenters. The van der Waals surface area contributed by atoms with Crippen LogP contribution < -0.4 is 5.32 Å². The van der Waals surface area contributed by atoms with E-state index in [9.17, 15) is 14.4 Å². The Morgan fingerprint density at radius 3 is 2.50 bits per heavy atom. The van der Waals surface area contributed by atoms with Gasteiger partial charge in [-0.05, 0) is 0 Å². The van der Waals surface area contributed by atoms with Crippen LogP contribution in [0.4, 0.5) is 0 Å². The molecule has 0 spiro atoms. The zero-order chi connectivity index (χ0) is 9.56. The molecule has 0 unspecified atom stereocenters. The van der Waals surface area contributed by atoms with Crippen LogP contribution in [0.3, 0.4) is 0 Å². The summed E-state index contributed by atoms with van der Waals surface area (Å²) in [5.41, 5.74) is -0.196. The first kappa shape index (κ1) is 10.3. The molecule has 0 saturated heterocycles. The third kappa shape index (κ3) is 4.21. The van der Waals surface area contributed by atoms with Gasteiger partial charge >= 0.3 is 5.97 Å². The van der Waals surface area contributed by atoms with Gasteiger partial charge in [-0.3, -0.25) is 4.79 Å². The molecule has 5 nitrogen and oxygen atoms in total. The number of carboxylic acid groups (broad SMARTS) is 1. The van der Waals surface area contributed by atoms with E-state index >= 15 is 0 Å². The molecular weight excluding hydrogens is 162 g/mol. The number of nitrogens with one attached hydrogen (secondary N) is 1. The Bertz CT molecular complexity index is 221. The second-order valence-electron chi connectivity index (χ2n) is 2.06. The van der Waals surface area contributed by atoms with Gasteiger partial charge in [0.25, 0.3) is 0 Å². The van der Waals surface area contributed by atoms with Crippen LogP contribution in [-0.2, 0) is 14.4 Å². The Kier molecular flexibility index (Phi) is 4.36. The molecule has 0 bridgehead atoms. The smallest absolute Gasteiger partial charge is 0.331 e. The highest BCUT2D eigenvalue weighted by Gasteiger charge is 2.08. The fraction of sp³-hybridized carbons (Fsp3) is 0.286. The summed E-state index contributed by atoms with van der Waals surface area (Å²) in [6.07, 6.45) is 0.227. The van der Waals surface area contributed by atoms with E-state index in [1.807, 2.05) is 0 Å². The van der Waals surface area contributed by atoms with Crippen LogP contribution in [0.5, 0.6) is 0 Å². The van der Waals surface area contributed by atoms with Crippen LogP contribution in [0.1, 0.15) is 6.42 Å². The molecule has 2 N–H and O–H groups in total. The van der Waals surface area contributed by atoms with Gasteiger partial charge in [-0.1, -0.05) is 6.58 Å². The number of carbonyl (C=O) groups is 3. The van der Waals surface area contributed by atoms with Crippen molar-refractivity contribution in [1.29, 1.82) is 0 Å². The maximum Gasteiger partial charge on any atom is 0.331 e. The quantitative estimate of drug-likeness (QED) is 0.424. The third-order valence-electron chi connectivity index (χ3n) is 1.06. The molecule has 0 heterocycles. The van der Waals surface area contributed by atoms with Gasteiger partial charge in [0.1, 0.15) is 6.29 Å². The van der Waals surface area contributed by atoms with Crippen molar-refractivity contribution < 1.29 is 19.5 Å². The molecule has 0 saturated carbocycles. The number of hydrogen-bond donors (Lipinski definition) is 2. The molecule has 5 heteroatoms. The third-order valence-corrected chi connectivity index (χ3v) is 1.06.